The molecule has 2 aromatic rings. The first-order valence-corrected chi connectivity index (χ1v) is 12.4. The van der Waals surface area contributed by atoms with Gasteiger partial charge in [0.25, 0.3) is 5.56 Å². The molecule has 0 atom stereocenters. The van der Waals surface area contributed by atoms with Crippen LogP contribution in [0, 0.1) is 0 Å². The minimum absolute atomic E-state index is 0.0242. The number of nitrogens with zero attached hydrogens (tertiary/aromatic N) is 2. The second kappa shape index (κ2) is 9.62. The molecule has 0 bridgehead atoms. The van der Waals surface area contributed by atoms with Gasteiger partial charge in [0.05, 0.1) is 11.1 Å². The normalized spacial score (nSPS) is 17.0. The van der Waals surface area contributed by atoms with Crippen LogP contribution in [0.2, 0.25) is 0 Å². The van der Waals surface area contributed by atoms with Crippen LogP contribution in [-0.2, 0) is 22.4 Å². The molecule has 1 fully saturated rings. The molecule has 8 heteroatoms. The molecule has 1 saturated carbocycles. The Morgan fingerprint density at radius 3 is 2.86 bits per heavy atom. The Morgan fingerprint density at radius 2 is 2.07 bits per heavy atom. The third-order valence-corrected chi connectivity index (χ3v) is 8.00. The van der Waals surface area contributed by atoms with E-state index >= 15 is 0 Å². The van der Waals surface area contributed by atoms with Crippen molar-refractivity contribution in [1.29, 1.82) is 0 Å². The van der Waals surface area contributed by atoms with E-state index in [1.54, 1.807) is 18.4 Å². The Balaban J connectivity index is 1.61. The number of ether oxygens (including phenoxy) is 1. The summed E-state index contributed by atoms with van der Waals surface area (Å²) >= 11 is 3.08. The molecule has 0 spiro atoms. The minimum atomic E-state index is -0.0242. The monoisotopic (exact) mass is 435 g/mol. The van der Waals surface area contributed by atoms with Crippen LogP contribution in [0.4, 0.5) is 0 Å². The molecule has 6 nitrogen and oxygen atoms in total. The second-order valence-corrected chi connectivity index (χ2v) is 9.91. The second-order valence-electron chi connectivity index (χ2n) is 7.88. The van der Waals surface area contributed by atoms with Gasteiger partial charge in [0.2, 0.25) is 5.91 Å². The number of nitrogens with one attached hydrogen (secondary N) is 1. The van der Waals surface area contributed by atoms with Crippen molar-refractivity contribution in [2.24, 2.45) is 0 Å². The molecular weight excluding hydrogens is 406 g/mol. The van der Waals surface area contributed by atoms with E-state index in [0.717, 1.165) is 61.6 Å². The predicted molar refractivity (Wildman–Crippen MR) is 118 cm³/mol. The van der Waals surface area contributed by atoms with Crippen molar-refractivity contribution in [3.05, 3.63) is 20.8 Å². The average molecular weight is 436 g/mol. The fraction of sp³-hybridized carbons (Fsp3) is 0.667. The summed E-state index contributed by atoms with van der Waals surface area (Å²) in [4.78, 5) is 32.9. The number of amides is 1. The highest BCUT2D eigenvalue weighted by Crippen LogP contribution is 2.37. The van der Waals surface area contributed by atoms with E-state index < -0.39 is 0 Å². The Hall–Kier alpha value is -1.38. The molecule has 1 N–H and O–H groups in total. The van der Waals surface area contributed by atoms with Gasteiger partial charge in [-0.25, -0.2) is 4.98 Å². The van der Waals surface area contributed by atoms with E-state index in [1.807, 2.05) is 4.57 Å². The maximum absolute atomic E-state index is 13.6. The summed E-state index contributed by atoms with van der Waals surface area (Å²) in [6.45, 7) is 1.24. The Labute approximate surface area is 179 Å². The summed E-state index contributed by atoms with van der Waals surface area (Å²) in [5, 5.41) is 4.48. The highest BCUT2D eigenvalue weighted by Gasteiger charge is 2.27. The number of carbonyl (C=O) groups excluding carboxylic acids is 1. The van der Waals surface area contributed by atoms with E-state index in [-0.39, 0.29) is 23.3 Å². The number of rotatable bonds is 8. The minimum Gasteiger partial charge on any atom is -0.385 e. The van der Waals surface area contributed by atoms with E-state index in [9.17, 15) is 9.59 Å². The molecular formula is C21H29N3O3S2. The number of hydrogen-bond donors (Lipinski definition) is 1. The molecule has 0 aliphatic heterocycles. The van der Waals surface area contributed by atoms with Crippen LogP contribution in [0.5, 0.6) is 0 Å². The molecule has 158 valence electrons. The Morgan fingerprint density at radius 1 is 1.28 bits per heavy atom. The molecule has 0 radical (unpaired) electrons. The van der Waals surface area contributed by atoms with Gasteiger partial charge in [-0.3, -0.25) is 14.2 Å². The number of thioether (sulfide) groups is 1. The first kappa shape index (κ1) is 20.9. The zero-order valence-corrected chi connectivity index (χ0v) is 18.6. The van der Waals surface area contributed by atoms with Gasteiger partial charge in [0.1, 0.15) is 4.83 Å². The highest BCUT2D eigenvalue weighted by atomic mass is 32.2. The van der Waals surface area contributed by atoms with E-state index in [4.69, 9.17) is 9.72 Å². The van der Waals surface area contributed by atoms with Crippen molar-refractivity contribution in [3.8, 4) is 0 Å². The maximum atomic E-state index is 13.6. The van der Waals surface area contributed by atoms with Gasteiger partial charge in [0, 0.05) is 31.2 Å². The molecule has 2 aliphatic carbocycles. The van der Waals surface area contributed by atoms with Gasteiger partial charge in [0.15, 0.2) is 5.16 Å². The number of thiophene rings is 1. The number of methoxy groups -OCH3 is 1. The predicted octanol–water partition coefficient (Wildman–Crippen LogP) is 3.70. The van der Waals surface area contributed by atoms with Crippen molar-refractivity contribution in [2.75, 3.05) is 26.0 Å². The summed E-state index contributed by atoms with van der Waals surface area (Å²) in [6.07, 6.45) is 9.56. The zero-order valence-electron chi connectivity index (χ0n) is 17.0. The lowest BCUT2D eigenvalue weighted by Crippen LogP contribution is -2.29. The van der Waals surface area contributed by atoms with Gasteiger partial charge in [-0.05, 0) is 50.5 Å². The topological polar surface area (TPSA) is 73.2 Å². The molecule has 29 heavy (non-hydrogen) atoms. The van der Waals surface area contributed by atoms with Crippen LogP contribution in [0.15, 0.2) is 9.95 Å². The van der Waals surface area contributed by atoms with Crippen LogP contribution >= 0.6 is 23.1 Å². The molecule has 0 aromatic carbocycles. The smallest absolute Gasteiger partial charge is 0.263 e. The van der Waals surface area contributed by atoms with Crippen molar-refractivity contribution in [2.45, 2.75) is 69.0 Å². The SMILES string of the molecule is COCCCNC(=O)CSc1nc2sc3c(c2c(=O)n1C1CCCC1)CCCC3. The van der Waals surface area contributed by atoms with Gasteiger partial charge >= 0.3 is 0 Å². The molecule has 0 unspecified atom stereocenters. The van der Waals surface area contributed by atoms with Gasteiger partial charge in [-0.2, -0.15) is 0 Å². The van der Waals surface area contributed by atoms with Crippen molar-refractivity contribution >= 4 is 39.2 Å². The summed E-state index contributed by atoms with van der Waals surface area (Å²) in [5.74, 6) is 0.256. The lowest BCUT2D eigenvalue weighted by atomic mass is 9.97. The number of aryl methyl sites for hydroxylation is 2. The van der Waals surface area contributed by atoms with Crippen molar-refractivity contribution in [1.82, 2.24) is 14.9 Å². The molecule has 0 saturated heterocycles. The summed E-state index contributed by atoms with van der Waals surface area (Å²) < 4.78 is 6.93. The van der Waals surface area contributed by atoms with Crippen LogP contribution in [0.25, 0.3) is 10.2 Å². The third kappa shape index (κ3) is 4.54. The molecule has 2 aromatic heterocycles. The van der Waals surface area contributed by atoms with Crippen LogP contribution in [0.1, 0.15) is 61.4 Å². The number of carbonyl (C=O) groups is 1. The summed E-state index contributed by atoms with van der Waals surface area (Å²) in [7, 11) is 1.66. The van der Waals surface area contributed by atoms with Gasteiger partial charge < -0.3 is 10.1 Å². The largest absolute Gasteiger partial charge is 0.385 e. The van der Waals surface area contributed by atoms with Crippen molar-refractivity contribution < 1.29 is 9.53 Å². The fourth-order valence-corrected chi connectivity index (χ4v) is 6.61. The summed E-state index contributed by atoms with van der Waals surface area (Å²) in [6, 6.07) is 0.214. The average Bonchev–Trinajstić information content (AvgIpc) is 3.37. The third-order valence-electron chi connectivity index (χ3n) is 5.86. The van der Waals surface area contributed by atoms with Gasteiger partial charge in [-0.1, -0.05) is 24.6 Å². The van der Waals surface area contributed by atoms with Crippen molar-refractivity contribution in [3.63, 3.8) is 0 Å². The number of fused-ring (bicyclic) bond motifs is 3. The Bertz CT molecular complexity index is 931. The first-order valence-electron chi connectivity index (χ1n) is 10.6. The van der Waals surface area contributed by atoms with E-state index in [2.05, 4.69) is 5.32 Å². The maximum Gasteiger partial charge on any atom is 0.263 e. The van der Waals surface area contributed by atoms with E-state index in [1.165, 1.54) is 28.6 Å². The lowest BCUT2D eigenvalue weighted by Gasteiger charge is -2.18. The van der Waals surface area contributed by atoms with Gasteiger partial charge in [-0.15, -0.1) is 11.3 Å². The van der Waals surface area contributed by atoms with Crippen LogP contribution in [-0.4, -0.2) is 41.5 Å². The Kier molecular flexibility index (Phi) is 6.92. The lowest BCUT2D eigenvalue weighted by molar-refractivity contribution is -0.118. The number of aromatic nitrogens is 2. The fourth-order valence-electron chi connectivity index (χ4n) is 4.41. The summed E-state index contributed by atoms with van der Waals surface area (Å²) in [5.41, 5.74) is 1.36. The molecule has 2 aliphatic rings. The molecule has 1 amide bonds. The van der Waals surface area contributed by atoms with E-state index in [0.29, 0.717) is 18.3 Å². The standard InChI is InChI=1S/C21H29N3O3S2/c1-27-12-6-11-22-17(25)13-28-21-23-19-18(15-9-4-5-10-16(15)29-19)20(26)24(21)14-7-2-3-8-14/h14H,2-13H2,1H3,(H,22,25). The molecule has 4 rings (SSSR count). The number of hydrogen-bond acceptors (Lipinski definition) is 6. The zero-order chi connectivity index (χ0) is 20.2. The quantitative estimate of drug-likeness (QED) is 0.389. The highest BCUT2D eigenvalue weighted by molar-refractivity contribution is 7.99. The first-order chi connectivity index (χ1) is 14.2. The van der Waals surface area contributed by atoms with Crippen LogP contribution < -0.4 is 10.9 Å². The molecule has 2 heterocycles. The van der Waals surface area contributed by atoms with Crippen LogP contribution in [0.3, 0.4) is 0 Å².